The summed E-state index contributed by atoms with van der Waals surface area (Å²) in [7, 11) is 1.63. The number of anilines is 2. The van der Waals surface area contributed by atoms with E-state index in [2.05, 4.69) is 39.5 Å². The maximum atomic E-state index is 12.8. The van der Waals surface area contributed by atoms with Crippen LogP contribution < -0.4 is 15.0 Å². The fourth-order valence-electron chi connectivity index (χ4n) is 3.77. The summed E-state index contributed by atoms with van der Waals surface area (Å²) in [4.78, 5) is 14.9. The molecule has 1 fully saturated rings. The number of nitrogens with one attached hydrogen (secondary N) is 1. The first-order chi connectivity index (χ1) is 14.6. The molecule has 1 N–H and O–H groups in total. The van der Waals surface area contributed by atoms with Gasteiger partial charge in [0.25, 0.3) is 0 Å². The number of methoxy groups -OCH3 is 1. The Morgan fingerprint density at radius 2 is 1.93 bits per heavy atom. The van der Waals surface area contributed by atoms with E-state index in [-0.39, 0.29) is 11.8 Å². The monoisotopic (exact) mass is 402 g/mol. The van der Waals surface area contributed by atoms with Gasteiger partial charge < -0.3 is 15.0 Å². The van der Waals surface area contributed by atoms with Crippen LogP contribution in [0.4, 0.5) is 11.5 Å². The number of ether oxygens (including phenoxy) is 1. The zero-order valence-electron chi connectivity index (χ0n) is 17.3. The second-order valence-electron chi connectivity index (χ2n) is 7.65. The highest BCUT2D eigenvalue weighted by Gasteiger charge is 2.27. The van der Waals surface area contributed by atoms with Crippen LogP contribution in [0.2, 0.25) is 0 Å². The van der Waals surface area contributed by atoms with Gasteiger partial charge in [-0.05, 0) is 62.2 Å². The number of piperidine rings is 1. The zero-order chi connectivity index (χ0) is 20.9. The SMILES string of the molecule is COc1ccc(NC(=O)[C@H]2CCCN(c3ccc(-c4cccc(C)c4)nn3)C2)cc1. The Labute approximate surface area is 176 Å². The van der Waals surface area contributed by atoms with Gasteiger partial charge >= 0.3 is 0 Å². The molecule has 0 saturated carbocycles. The van der Waals surface area contributed by atoms with Gasteiger partial charge in [-0.1, -0.05) is 23.8 Å². The topological polar surface area (TPSA) is 67.3 Å². The summed E-state index contributed by atoms with van der Waals surface area (Å²) in [5.74, 6) is 1.53. The first kappa shape index (κ1) is 19.9. The molecule has 1 aliphatic heterocycles. The van der Waals surface area contributed by atoms with Crippen molar-refractivity contribution in [1.82, 2.24) is 10.2 Å². The van der Waals surface area contributed by atoms with Gasteiger partial charge in [-0.3, -0.25) is 4.79 Å². The van der Waals surface area contributed by atoms with Crippen molar-refractivity contribution in [2.75, 3.05) is 30.4 Å². The molecule has 6 heteroatoms. The van der Waals surface area contributed by atoms with Gasteiger partial charge in [-0.2, -0.15) is 0 Å². The number of benzene rings is 2. The lowest BCUT2D eigenvalue weighted by Crippen LogP contribution is -2.41. The lowest BCUT2D eigenvalue weighted by atomic mass is 9.97. The zero-order valence-corrected chi connectivity index (χ0v) is 17.3. The molecule has 3 aromatic rings. The molecule has 2 heterocycles. The van der Waals surface area contributed by atoms with E-state index < -0.39 is 0 Å². The third-order valence-electron chi connectivity index (χ3n) is 5.44. The molecule has 1 saturated heterocycles. The number of carbonyl (C=O) groups is 1. The number of rotatable bonds is 5. The van der Waals surface area contributed by atoms with Crippen molar-refractivity contribution in [3.8, 4) is 17.0 Å². The van der Waals surface area contributed by atoms with E-state index in [0.29, 0.717) is 6.54 Å². The van der Waals surface area contributed by atoms with Crippen LogP contribution in [0.25, 0.3) is 11.3 Å². The quantitative estimate of drug-likeness (QED) is 0.689. The summed E-state index contributed by atoms with van der Waals surface area (Å²) >= 11 is 0. The van der Waals surface area contributed by atoms with Gasteiger partial charge in [0.05, 0.1) is 18.7 Å². The molecule has 0 aliphatic carbocycles. The molecule has 1 aromatic heterocycles. The number of carbonyl (C=O) groups excluding carboxylic acids is 1. The van der Waals surface area contributed by atoms with Crippen molar-refractivity contribution in [3.05, 3.63) is 66.2 Å². The molecule has 0 spiro atoms. The highest BCUT2D eigenvalue weighted by molar-refractivity contribution is 5.93. The molecule has 0 bridgehead atoms. The van der Waals surface area contributed by atoms with Crippen LogP contribution in [0.5, 0.6) is 5.75 Å². The van der Waals surface area contributed by atoms with Gasteiger partial charge in [0.2, 0.25) is 5.91 Å². The standard InChI is InChI=1S/C24H26N4O2/c1-17-5-3-6-18(15-17)22-12-13-23(27-26-22)28-14-4-7-19(16-28)24(29)25-20-8-10-21(30-2)11-9-20/h3,5-6,8-13,15,19H,4,7,14,16H2,1-2H3,(H,25,29)/t19-/m0/s1. The maximum absolute atomic E-state index is 12.8. The largest absolute Gasteiger partial charge is 0.497 e. The van der Waals surface area contributed by atoms with Crippen molar-refractivity contribution < 1.29 is 9.53 Å². The van der Waals surface area contributed by atoms with Crippen molar-refractivity contribution >= 4 is 17.4 Å². The van der Waals surface area contributed by atoms with Crippen molar-refractivity contribution in [3.63, 3.8) is 0 Å². The average molecular weight is 402 g/mol. The highest BCUT2D eigenvalue weighted by atomic mass is 16.5. The predicted octanol–water partition coefficient (Wildman–Crippen LogP) is 4.32. The minimum atomic E-state index is -0.0842. The predicted molar refractivity (Wildman–Crippen MR) is 119 cm³/mol. The Morgan fingerprint density at radius 1 is 1.10 bits per heavy atom. The van der Waals surface area contributed by atoms with Crippen LogP contribution >= 0.6 is 0 Å². The number of hydrogen-bond donors (Lipinski definition) is 1. The minimum Gasteiger partial charge on any atom is -0.497 e. The lowest BCUT2D eigenvalue weighted by Gasteiger charge is -2.32. The maximum Gasteiger partial charge on any atom is 0.229 e. The van der Waals surface area contributed by atoms with E-state index in [4.69, 9.17) is 4.74 Å². The van der Waals surface area contributed by atoms with Crippen molar-refractivity contribution in [2.45, 2.75) is 19.8 Å². The van der Waals surface area contributed by atoms with Gasteiger partial charge in [0.1, 0.15) is 5.75 Å². The Balaban J connectivity index is 1.41. The highest BCUT2D eigenvalue weighted by Crippen LogP contribution is 2.25. The minimum absolute atomic E-state index is 0.0363. The molecule has 1 atom stereocenters. The molecule has 4 rings (SSSR count). The molecule has 30 heavy (non-hydrogen) atoms. The smallest absolute Gasteiger partial charge is 0.229 e. The van der Waals surface area contributed by atoms with Gasteiger partial charge in [-0.25, -0.2) is 0 Å². The van der Waals surface area contributed by atoms with Crippen molar-refractivity contribution in [2.24, 2.45) is 5.92 Å². The number of nitrogens with zero attached hydrogens (tertiary/aromatic N) is 3. The molecule has 0 radical (unpaired) electrons. The number of aryl methyl sites for hydroxylation is 1. The number of amides is 1. The molecule has 0 unspecified atom stereocenters. The molecule has 154 valence electrons. The van der Waals surface area contributed by atoms with E-state index in [1.54, 1.807) is 7.11 Å². The van der Waals surface area contributed by atoms with Crippen LogP contribution in [-0.2, 0) is 4.79 Å². The summed E-state index contributed by atoms with van der Waals surface area (Å²) in [5, 5.41) is 11.9. The Morgan fingerprint density at radius 3 is 2.63 bits per heavy atom. The third kappa shape index (κ3) is 4.59. The third-order valence-corrected chi connectivity index (χ3v) is 5.44. The Hall–Kier alpha value is -3.41. The van der Waals surface area contributed by atoms with Gasteiger partial charge in [-0.15, -0.1) is 10.2 Å². The normalized spacial score (nSPS) is 16.2. The Kier molecular flexibility index (Phi) is 5.93. The lowest BCUT2D eigenvalue weighted by molar-refractivity contribution is -0.120. The molecular formula is C24H26N4O2. The molecule has 1 amide bonds. The Bertz CT molecular complexity index is 1000. The average Bonchev–Trinajstić information content (AvgIpc) is 2.80. The van der Waals surface area contributed by atoms with Crippen LogP contribution in [0.3, 0.4) is 0 Å². The number of hydrogen-bond acceptors (Lipinski definition) is 5. The summed E-state index contributed by atoms with van der Waals surface area (Å²) < 4.78 is 5.16. The van der Waals surface area contributed by atoms with Crippen LogP contribution in [0.1, 0.15) is 18.4 Å². The second-order valence-corrected chi connectivity index (χ2v) is 7.65. The summed E-state index contributed by atoms with van der Waals surface area (Å²) in [5.41, 5.74) is 3.89. The fraction of sp³-hybridized carbons (Fsp3) is 0.292. The van der Waals surface area contributed by atoms with Crippen LogP contribution in [0, 0.1) is 12.8 Å². The van der Waals surface area contributed by atoms with Gasteiger partial charge in [0.15, 0.2) is 5.82 Å². The molecule has 6 nitrogen and oxygen atoms in total. The van der Waals surface area contributed by atoms with Gasteiger partial charge in [0, 0.05) is 24.3 Å². The van der Waals surface area contributed by atoms with E-state index in [9.17, 15) is 4.79 Å². The van der Waals surface area contributed by atoms with Crippen molar-refractivity contribution in [1.29, 1.82) is 0 Å². The summed E-state index contributed by atoms with van der Waals surface area (Å²) in [6.45, 7) is 3.58. The van der Waals surface area contributed by atoms with E-state index in [1.807, 2.05) is 48.5 Å². The number of aromatic nitrogens is 2. The molecule has 1 aliphatic rings. The van der Waals surface area contributed by atoms with E-state index >= 15 is 0 Å². The first-order valence-electron chi connectivity index (χ1n) is 10.2. The molecule has 2 aromatic carbocycles. The van der Waals surface area contributed by atoms with E-state index in [0.717, 1.165) is 47.9 Å². The van der Waals surface area contributed by atoms with E-state index in [1.165, 1.54) is 5.56 Å². The van der Waals surface area contributed by atoms with Crippen LogP contribution in [-0.4, -0.2) is 36.3 Å². The first-order valence-corrected chi connectivity index (χ1v) is 10.2. The summed E-state index contributed by atoms with van der Waals surface area (Å²) in [6.07, 6.45) is 1.81. The summed E-state index contributed by atoms with van der Waals surface area (Å²) in [6, 6.07) is 19.6. The van der Waals surface area contributed by atoms with Crippen LogP contribution in [0.15, 0.2) is 60.7 Å². The second kappa shape index (κ2) is 8.95. The molecular weight excluding hydrogens is 376 g/mol. The fourth-order valence-corrected chi connectivity index (χ4v) is 3.77.